The summed E-state index contributed by atoms with van der Waals surface area (Å²) in [6.45, 7) is 8.16. The van der Waals surface area contributed by atoms with E-state index in [0.29, 0.717) is 22.7 Å². The minimum Gasteiger partial charge on any atom is -0.347 e. The lowest BCUT2D eigenvalue weighted by Crippen LogP contribution is -2.40. The molecule has 0 aliphatic heterocycles. The number of aromatic nitrogens is 2. The molecular formula is C25H25FN4O2S. The van der Waals surface area contributed by atoms with Crippen molar-refractivity contribution in [3.05, 3.63) is 82.1 Å². The van der Waals surface area contributed by atoms with E-state index in [1.807, 2.05) is 38.4 Å². The first-order valence-corrected chi connectivity index (χ1v) is 11.4. The zero-order chi connectivity index (χ0) is 23.8. The molecule has 2 amide bonds. The molecule has 170 valence electrons. The van der Waals surface area contributed by atoms with Gasteiger partial charge in [0.05, 0.1) is 17.1 Å². The smallest absolute Gasteiger partial charge is 0.265 e. The Bertz CT molecular complexity index is 1320. The highest BCUT2D eigenvalue weighted by atomic mass is 32.1. The Hall–Kier alpha value is -3.52. The molecule has 0 spiro atoms. The Morgan fingerprint density at radius 2 is 1.70 bits per heavy atom. The maximum atomic E-state index is 13.2. The molecule has 8 heteroatoms. The van der Waals surface area contributed by atoms with Gasteiger partial charge in [-0.1, -0.05) is 12.1 Å². The third-order valence-corrected chi connectivity index (χ3v) is 6.12. The van der Waals surface area contributed by atoms with Crippen LogP contribution in [0.15, 0.2) is 54.6 Å². The van der Waals surface area contributed by atoms with Crippen molar-refractivity contribution in [3.8, 4) is 0 Å². The zero-order valence-corrected chi connectivity index (χ0v) is 19.7. The Balaban J connectivity index is 1.49. The van der Waals surface area contributed by atoms with Crippen LogP contribution in [0.1, 0.15) is 52.1 Å². The molecule has 0 aliphatic rings. The second-order valence-corrected chi connectivity index (χ2v) is 9.97. The van der Waals surface area contributed by atoms with Crippen LogP contribution in [0.3, 0.4) is 0 Å². The molecule has 0 aliphatic carbocycles. The molecular weight excluding hydrogens is 439 g/mol. The number of anilines is 1. The lowest BCUT2D eigenvalue weighted by atomic mass is 10.1. The van der Waals surface area contributed by atoms with Gasteiger partial charge in [0, 0.05) is 22.2 Å². The molecule has 0 saturated carbocycles. The van der Waals surface area contributed by atoms with Crippen LogP contribution in [0.2, 0.25) is 0 Å². The van der Waals surface area contributed by atoms with E-state index in [-0.39, 0.29) is 23.2 Å². The second-order valence-electron chi connectivity index (χ2n) is 8.93. The lowest BCUT2D eigenvalue weighted by Gasteiger charge is -2.20. The molecule has 4 rings (SSSR count). The molecule has 2 aromatic carbocycles. The molecule has 6 nitrogen and oxygen atoms in total. The Kier molecular flexibility index (Phi) is 6.03. The van der Waals surface area contributed by atoms with Gasteiger partial charge in [0.15, 0.2) is 0 Å². The van der Waals surface area contributed by atoms with Crippen molar-refractivity contribution in [2.45, 2.75) is 39.8 Å². The molecule has 0 fully saturated rings. The number of halogens is 1. The number of thiophene rings is 1. The topological polar surface area (TPSA) is 76.0 Å². The van der Waals surface area contributed by atoms with E-state index in [1.165, 1.54) is 23.5 Å². The van der Waals surface area contributed by atoms with Crippen LogP contribution in [0, 0.1) is 12.7 Å². The van der Waals surface area contributed by atoms with Crippen molar-refractivity contribution in [2.24, 2.45) is 0 Å². The first-order chi connectivity index (χ1) is 15.6. The lowest BCUT2D eigenvalue weighted by molar-refractivity contribution is 0.0919. The summed E-state index contributed by atoms with van der Waals surface area (Å²) in [5, 5.41) is 11.3. The normalized spacial score (nSPS) is 11.5. The summed E-state index contributed by atoms with van der Waals surface area (Å²) in [4.78, 5) is 26.6. The number of rotatable bonds is 5. The van der Waals surface area contributed by atoms with Crippen LogP contribution < -0.4 is 10.6 Å². The van der Waals surface area contributed by atoms with E-state index in [0.717, 1.165) is 21.5 Å². The highest BCUT2D eigenvalue weighted by Gasteiger charge is 2.18. The number of carbonyl (C=O) groups excluding carboxylic acids is 2. The number of aryl methyl sites for hydroxylation is 1. The first-order valence-electron chi connectivity index (χ1n) is 10.5. The Morgan fingerprint density at radius 1 is 1.03 bits per heavy atom. The Morgan fingerprint density at radius 3 is 2.33 bits per heavy atom. The van der Waals surface area contributed by atoms with Crippen LogP contribution in [0.25, 0.3) is 10.2 Å². The van der Waals surface area contributed by atoms with Gasteiger partial charge in [-0.2, -0.15) is 5.10 Å². The number of carbonyl (C=O) groups is 2. The summed E-state index contributed by atoms with van der Waals surface area (Å²) >= 11 is 1.36. The SMILES string of the molecule is Cc1nn(Cc2ccc(F)cc2)c2sc(C(=O)Nc3ccc(C(=O)NC(C)(C)C)cc3)cc12. The van der Waals surface area contributed by atoms with Gasteiger partial charge >= 0.3 is 0 Å². The van der Waals surface area contributed by atoms with Crippen molar-refractivity contribution in [2.75, 3.05) is 5.32 Å². The summed E-state index contributed by atoms with van der Waals surface area (Å²) in [6.07, 6.45) is 0. The van der Waals surface area contributed by atoms with Gasteiger partial charge in [-0.15, -0.1) is 11.3 Å². The van der Waals surface area contributed by atoms with Crippen molar-refractivity contribution < 1.29 is 14.0 Å². The maximum Gasteiger partial charge on any atom is 0.265 e. The number of amides is 2. The fourth-order valence-electron chi connectivity index (χ4n) is 3.40. The molecule has 4 aromatic rings. The summed E-state index contributed by atoms with van der Waals surface area (Å²) < 4.78 is 15.0. The fraction of sp³-hybridized carbons (Fsp3) is 0.240. The average Bonchev–Trinajstić information content (AvgIpc) is 3.30. The van der Waals surface area contributed by atoms with E-state index in [9.17, 15) is 14.0 Å². The highest BCUT2D eigenvalue weighted by Crippen LogP contribution is 2.29. The van der Waals surface area contributed by atoms with Crippen LogP contribution in [-0.4, -0.2) is 27.1 Å². The number of benzene rings is 2. The number of nitrogens with zero attached hydrogens (tertiary/aromatic N) is 2. The summed E-state index contributed by atoms with van der Waals surface area (Å²) in [5.74, 6) is -0.666. The van der Waals surface area contributed by atoms with Crippen LogP contribution in [-0.2, 0) is 6.54 Å². The molecule has 0 atom stereocenters. The minimum absolute atomic E-state index is 0.161. The van der Waals surface area contributed by atoms with E-state index >= 15 is 0 Å². The number of fused-ring (bicyclic) bond motifs is 1. The Labute approximate surface area is 195 Å². The van der Waals surface area contributed by atoms with Gasteiger partial charge in [-0.25, -0.2) is 4.39 Å². The zero-order valence-electron chi connectivity index (χ0n) is 18.9. The molecule has 0 saturated heterocycles. The first kappa shape index (κ1) is 22.7. The number of hydrogen-bond donors (Lipinski definition) is 2. The fourth-order valence-corrected chi connectivity index (χ4v) is 4.46. The van der Waals surface area contributed by atoms with E-state index in [2.05, 4.69) is 15.7 Å². The predicted octanol–water partition coefficient (Wildman–Crippen LogP) is 5.37. The van der Waals surface area contributed by atoms with Crippen LogP contribution in [0.5, 0.6) is 0 Å². The molecule has 0 bridgehead atoms. The minimum atomic E-state index is -0.324. The van der Waals surface area contributed by atoms with Gasteiger partial charge in [0.25, 0.3) is 11.8 Å². The van der Waals surface area contributed by atoms with Crippen molar-refractivity contribution in [3.63, 3.8) is 0 Å². The molecule has 33 heavy (non-hydrogen) atoms. The highest BCUT2D eigenvalue weighted by molar-refractivity contribution is 7.20. The summed E-state index contributed by atoms with van der Waals surface area (Å²) in [5.41, 5.74) is 2.57. The van der Waals surface area contributed by atoms with Gasteiger partial charge in [0.1, 0.15) is 10.6 Å². The van der Waals surface area contributed by atoms with Gasteiger partial charge in [0.2, 0.25) is 0 Å². The molecule has 0 unspecified atom stereocenters. The predicted molar refractivity (Wildman–Crippen MR) is 129 cm³/mol. The molecule has 2 heterocycles. The molecule has 0 radical (unpaired) electrons. The van der Waals surface area contributed by atoms with Crippen molar-refractivity contribution in [1.29, 1.82) is 0 Å². The monoisotopic (exact) mass is 464 g/mol. The molecule has 2 aromatic heterocycles. The van der Waals surface area contributed by atoms with E-state index < -0.39 is 0 Å². The largest absolute Gasteiger partial charge is 0.347 e. The quantitative estimate of drug-likeness (QED) is 0.417. The standard InChI is InChI=1S/C25H25FN4O2S/c1-15-20-13-21(33-24(20)30(29-15)14-16-5-9-18(26)10-6-16)23(32)27-19-11-7-17(8-12-19)22(31)28-25(2,3)4/h5-13H,14H2,1-4H3,(H,27,32)(H,28,31). The van der Waals surface area contributed by atoms with E-state index in [4.69, 9.17) is 0 Å². The average molecular weight is 465 g/mol. The van der Waals surface area contributed by atoms with Gasteiger partial charge < -0.3 is 10.6 Å². The van der Waals surface area contributed by atoms with Gasteiger partial charge in [-0.05, 0) is 75.7 Å². The maximum absolute atomic E-state index is 13.2. The van der Waals surface area contributed by atoms with Crippen molar-refractivity contribution >= 4 is 39.1 Å². The van der Waals surface area contributed by atoms with E-state index in [1.54, 1.807) is 36.4 Å². The van der Waals surface area contributed by atoms with Gasteiger partial charge in [-0.3, -0.25) is 14.3 Å². The summed E-state index contributed by atoms with van der Waals surface area (Å²) in [6, 6.07) is 14.9. The number of nitrogens with one attached hydrogen (secondary N) is 2. The van der Waals surface area contributed by atoms with Crippen LogP contribution in [0.4, 0.5) is 10.1 Å². The van der Waals surface area contributed by atoms with Crippen LogP contribution >= 0.6 is 11.3 Å². The third kappa shape index (κ3) is 5.28. The molecule has 2 N–H and O–H groups in total. The third-order valence-electron chi connectivity index (χ3n) is 4.97. The van der Waals surface area contributed by atoms with Crippen molar-refractivity contribution in [1.82, 2.24) is 15.1 Å². The second kappa shape index (κ2) is 8.78. The summed E-state index contributed by atoms with van der Waals surface area (Å²) in [7, 11) is 0. The number of hydrogen-bond acceptors (Lipinski definition) is 4.